The lowest BCUT2D eigenvalue weighted by atomic mass is 9.99. The van der Waals surface area contributed by atoms with Crippen LogP contribution in [0.25, 0.3) is 0 Å². The van der Waals surface area contributed by atoms with Crippen LogP contribution in [0.4, 0.5) is 0 Å². The second kappa shape index (κ2) is 5.31. The number of rotatable bonds is 3. The van der Waals surface area contributed by atoms with Crippen LogP contribution >= 0.6 is 11.6 Å². The molecule has 2 aromatic rings. The van der Waals surface area contributed by atoms with E-state index in [1.165, 1.54) is 0 Å². The van der Waals surface area contributed by atoms with Crippen molar-refractivity contribution in [2.24, 2.45) is 12.8 Å². The zero-order chi connectivity index (χ0) is 14.2. The molecule has 2 N–H and O–H groups in total. The van der Waals surface area contributed by atoms with Crippen LogP contribution in [0.2, 0.25) is 5.15 Å². The molecule has 5 heteroatoms. The maximum Gasteiger partial charge on any atom is 0.130 e. The van der Waals surface area contributed by atoms with E-state index >= 15 is 0 Å². The van der Waals surface area contributed by atoms with E-state index in [1.807, 2.05) is 40.0 Å². The first-order chi connectivity index (χ1) is 8.90. The molecular formula is C14H19ClN4. The third kappa shape index (κ3) is 2.80. The third-order valence-electron chi connectivity index (χ3n) is 3.36. The maximum absolute atomic E-state index is 6.29. The normalized spacial score (nSPS) is 12.7. The zero-order valence-corrected chi connectivity index (χ0v) is 12.5. The summed E-state index contributed by atoms with van der Waals surface area (Å²) < 4.78 is 1.68. The topological polar surface area (TPSA) is 56.7 Å². The molecule has 0 aliphatic rings. The molecule has 1 atom stereocenters. The molecule has 19 heavy (non-hydrogen) atoms. The van der Waals surface area contributed by atoms with Gasteiger partial charge in [0.1, 0.15) is 5.15 Å². The zero-order valence-electron chi connectivity index (χ0n) is 11.7. The highest BCUT2D eigenvalue weighted by Gasteiger charge is 2.17. The van der Waals surface area contributed by atoms with Crippen LogP contribution in [-0.4, -0.2) is 14.8 Å². The molecular weight excluding hydrogens is 260 g/mol. The van der Waals surface area contributed by atoms with Gasteiger partial charge in [0, 0.05) is 30.0 Å². The average Bonchev–Trinajstić information content (AvgIpc) is 2.56. The number of hydrogen-bond donors (Lipinski definition) is 1. The Morgan fingerprint density at radius 2 is 1.95 bits per heavy atom. The fourth-order valence-corrected chi connectivity index (χ4v) is 2.58. The third-order valence-corrected chi connectivity index (χ3v) is 3.83. The molecule has 0 fully saturated rings. The highest BCUT2D eigenvalue weighted by molar-refractivity contribution is 6.30. The van der Waals surface area contributed by atoms with Gasteiger partial charge in [-0.3, -0.25) is 9.67 Å². The Labute approximate surface area is 118 Å². The molecule has 2 rings (SSSR count). The fraction of sp³-hybridized carbons (Fsp3) is 0.429. The molecule has 1 unspecified atom stereocenters. The molecule has 0 saturated carbocycles. The smallest absolute Gasteiger partial charge is 0.130 e. The first-order valence-corrected chi connectivity index (χ1v) is 6.65. The molecule has 0 aliphatic heterocycles. The monoisotopic (exact) mass is 278 g/mol. The predicted octanol–water partition coefficient (Wildman–Crippen LogP) is 2.64. The van der Waals surface area contributed by atoms with Crippen molar-refractivity contribution in [3.05, 3.63) is 45.5 Å². The van der Waals surface area contributed by atoms with Crippen LogP contribution < -0.4 is 5.73 Å². The van der Waals surface area contributed by atoms with Crippen LogP contribution in [-0.2, 0) is 13.5 Å². The summed E-state index contributed by atoms with van der Waals surface area (Å²) >= 11 is 6.24. The Hall–Kier alpha value is -1.39. The van der Waals surface area contributed by atoms with E-state index in [0.29, 0.717) is 11.6 Å². The largest absolute Gasteiger partial charge is 0.324 e. The molecule has 0 bridgehead atoms. The Balaban J connectivity index is 2.28. The number of aryl methyl sites for hydroxylation is 4. The Kier molecular flexibility index (Phi) is 3.92. The molecule has 2 heterocycles. The minimum atomic E-state index is -0.117. The molecule has 102 valence electrons. The van der Waals surface area contributed by atoms with E-state index in [-0.39, 0.29) is 6.04 Å². The number of pyridine rings is 1. The van der Waals surface area contributed by atoms with Gasteiger partial charge >= 0.3 is 0 Å². The van der Waals surface area contributed by atoms with E-state index in [9.17, 15) is 0 Å². The highest BCUT2D eigenvalue weighted by atomic mass is 35.5. The van der Waals surface area contributed by atoms with Gasteiger partial charge in [-0.1, -0.05) is 17.7 Å². The summed E-state index contributed by atoms with van der Waals surface area (Å²) in [6.07, 6.45) is 0.671. The standard InChI is InChI=1S/C14H19ClN4/c1-8-5-6-11(9(2)17-8)13(16)7-12-10(3)18-19(4)14(12)15/h5-6,13H,7,16H2,1-4H3. The summed E-state index contributed by atoms with van der Waals surface area (Å²) in [5.74, 6) is 0. The number of nitrogens with zero attached hydrogens (tertiary/aromatic N) is 3. The second-order valence-corrected chi connectivity index (χ2v) is 5.27. The maximum atomic E-state index is 6.29. The summed E-state index contributed by atoms with van der Waals surface area (Å²) in [4.78, 5) is 4.45. The summed E-state index contributed by atoms with van der Waals surface area (Å²) in [6.45, 7) is 5.92. The van der Waals surface area contributed by atoms with Gasteiger partial charge in [0.2, 0.25) is 0 Å². The lowest BCUT2D eigenvalue weighted by Gasteiger charge is -2.14. The molecule has 4 nitrogen and oxygen atoms in total. The SMILES string of the molecule is Cc1ccc(C(N)Cc2c(C)nn(C)c2Cl)c(C)n1. The van der Waals surface area contributed by atoms with E-state index in [1.54, 1.807) is 4.68 Å². The predicted molar refractivity (Wildman–Crippen MR) is 77.3 cm³/mol. The number of aromatic nitrogens is 3. The van der Waals surface area contributed by atoms with Crippen molar-refractivity contribution >= 4 is 11.6 Å². The van der Waals surface area contributed by atoms with Crippen molar-refractivity contribution in [3.63, 3.8) is 0 Å². The first kappa shape index (κ1) is 14.0. The van der Waals surface area contributed by atoms with Crippen LogP contribution in [0, 0.1) is 20.8 Å². The number of nitrogens with two attached hydrogens (primary N) is 1. The highest BCUT2D eigenvalue weighted by Crippen LogP contribution is 2.25. The Morgan fingerprint density at radius 1 is 1.26 bits per heavy atom. The van der Waals surface area contributed by atoms with Crippen LogP contribution in [0.1, 0.15) is 34.3 Å². The van der Waals surface area contributed by atoms with Crippen molar-refractivity contribution in [1.29, 1.82) is 0 Å². The van der Waals surface area contributed by atoms with Crippen molar-refractivity contribution in [2.75, 3.05) is 0 Å². The number of halogens is 1. The van der Waals surface area contributed by atoms with E-state index in [0.717, 1.165) is 28.2 Å². The Bertz CT molecular complexity index is 604. The number of hydrogen-bond acceptors (Lipinski definition) is 3. The first-order valence-electron chi connectivity index (χ1n) is 6.28. The summed E-state index contributed by atoms with van der Waals surface area (Å²) in [5, 5.41) is 4.97. The Morgan fingerprint density at radius 3 is 2.47 bits per heavy atom. The summed E-state index contributed by atoms with van der Waals surface area (Å²) in [7, 11) is 1.84. The lowest BCUT2D eigenvalue weighted by Crippen LogP contribution is -2.16. The van der Waals surface area contributed by atoms with Gasteiger partial charge in [-0.15, -0.1) is 0 Å². The van der Waals surface area contributed by atoms with Crippen molar-refractivity contribution in [2.45, 2.75) is 33.2 Å². The summed E-state index contributed by atoms with van der Waals surface area (Å²) in [6, 6.07) is 3.91. The van der Waals surface area contributed by atoms with Crippen LogP contribution in [0.5, 0.6) is 0 Å². The van der Waals surface area contributed by atoms with Crippen molar-refractivity contribution in [3.8, 4) is 0 Å². The van der Waals surface area contributed by atoms with Gasteiger partial charge < -0.3 is 5.73 Å². The second-order valence-electron chi connectivity index (χ2n) is 4.92. The van der Waals surface area contributed by atoms with Gasteiger partial charge in [-0.25, -0.2) is 0 Å². The summed E-state index contributed by atoms with van der Waals surface area (Å²) in [5.41, 5.74) is 11.3. The lowest BCUT2D eigenvalue weighted by molar-refractivity contribution is 0.706. The van der Waals surface area contributed by atoms with Gasteiger partial charge in [-0.05, 0) is 38.8 Å². The van der Waals surface area contributed by atoms with Gasteiger partial charge in [0.25, 0.3) is 0 Å². The molecule has 0 amide bonds. The van der Waals surface area contributed by atoms with E-state index < -0.39 is 0 Å². The molecule has 0 aliphatic carbocycles. The molecule has 0 aromatic carbocycles. The van der Waals surface area contributed by atoms with Gasteiger partial charge in [-0.2, -0.15) is 5.10 Å². The molecule has 2 aromatic heterocycles. The minimum absolute atomic E-state index is 0.117. The van der Waals surface area contributed by atoms with Crippen molar-refractivity contribution < 1.29 is 0 Å². The fourth-order valence-electron chi connectivity index (χ4n) is 2.32. The van der Waals surface area contributed by atoms with Gasteiger partial charge in [0.05, 0.1) is 5.69 Å². The van der Waals surface area contributed by atoms with Crippen molar-refractivity contribution in [1.82, 2.24) is 14.8 Å². The molecule has 0 radical (unpaired) electrons. The molecule has 0 saturated heterocycles. The van der Waals surface area contributed by atoms with Crippen LogP contribution in [0.3, 0.4) is 0 Å². The quantitative estimate of drug-likeness (QED) is 0.939. The average molecular weight is 279 g/mol. The van der Waals surface area contributed by atoms with E-state index in [2.05, 4.69) is 10.1 Å². The minimum Gasteiger partial charge on any atom is -0.324 e. The van der Waals surface area contributed by atoms with Gasteiger partial charge in [0.15, 0.2) is 0 Å². The van der Waals surface area contributed by atoms with Crippen LogP contribution in [0.15, 0.2) is 12.1 Å². The molecule has 0 spiro atoms. The van der Waals surface area contributed by atoms with E-state index in [4.69, 9.17) is 17.3 Å².